The van der Waals surface area contributed by atoms with E-state index in [-0.39, 0.29) is 5.97 Å². The molecule has 0 saturated carbocycles. The fraction of sp³-hybridized carbons (Fsp3) is 0.812. The highest BCUT2D eigenvalue weighted by molar-refractivity contribution is 5.87. The van der Waals surface area contributed by atoms with Crippen LogP contribution in [0.1, 0.15) is 60.3 Å². The van der Waals surface area contributed by atoms with Crippen molar-refractivity contribution in [2.45, 2.75) is 60.3 Å². The van der Waals surface area contributed by atoms with Gasteiger partial charge >= 0.3 is 5.97 Å². The molecule has 2 heteroatoms. The van der Waals surface area contributed by atoms with Crippen molar-refractivity contribution >= 4 is 5.97 Å². The van der Waals surface area contributed by atoms with E-state index in [2.05, 4.69) is 27.7 Å². The van der Waals surface area contributed by atoms with Gasteiger partial charge in [-0.2, -0.15) is 0 Å². The molecule has 0 saturated heterocycles. The van der Waals surface area contributed by atoms with Gasteiger partial charge in [0.25, 0.3) is 0 Å². The molecule has 0 heterocycles. The lowest BCUT2D eigenvalue weighted by Crippen LogP contribution is -2.08. The molecule has 0 radical (unpaired) electrons. The van der Waals surface area contributed by atoms with E-state index >= 15 is 0 Å². The fourth-order valence-electron chi connectivity index (χ4n) is 2.75. The summed E-state index contributed by atoms with van der Waals surface area (Å²) in [4.78, 5) is 11.3. The van der Waals surface area contributed by atoms with Crippen molar-refractivity contribution < 1.29 is 9.53 Å². The zero-order valence-corrected chi connectivity index (χ0v) is 13.0. The van der Waals surface area contributed by atoms with Crippen LogP contribution < -0.4 is 0 Å². The van der Waals surface area contributed by atoms with Crippen LogP contribution in [-0.4, -0.2) is 13.1 Å². The number of methoxy groups -OCH3 is 1. The maximum atomic E-state index is 11.3. The first-order chi connectivity index (χ1) is 8.40. The number of hydrogen-bond acceptors (Lipinski definition) is 2. The van der Waals surface area contributed by atoms with E-state index in [1.165, 1.54) is 26.4 Å². The van der Waals surface area contributed by atoms with Gasteiger partial charge in [0.05, 0.1) is 7.11 Å². The normalized spacial score (nSPS) is 17.1. The van der Waals surface area contributed by atoms with Crippen molar-refractivity contribution in [1.29, 1.82) is 0 Å². The van der Waals surface area contributed by atoms with E-state index in [9.17, 15) is 4.79 Å². The first-order valence-electron chi connectivity index (χ1n) is 7.17. The van der Waals surface area contributed by atoms with E-state index in [1.54, 1.807) is 0 Å². The quantitative estimate of drug-likeness (QED) is 0.467. The lowest BCUT2D eigenvalue weighted by atomic mass is 9.87. The average Bonchev–Trinajstić information content (AvgIpc) is 2.27. The highest BCUT2D eigenvalue weighted by atomic mass is 16.5. The third kappa shape index (κ3) is 7.52. The van der Waals surface area contributed by atoms with E-state index in [1.807, 2.05) is 13.0 Å². The standard InChI is InChI=1S/C16H30O2/c1-7-8-12(2)9-13(3)10-14(4)11-15(5)16(17)18-6/h11-14H,7-10H2,1-6H3/b15-11+/t12-,13-,14-/m0/s1. The lowest BCUT2D eigenvalue weighted by molar-refractivity contribution is -0.136. The predicted molar refractivity (Wildman–Crippen MR) is 77.4 cm³/mol. The molecular weight excluding hydrogens is 224 g/mol. The Labute approximate surface area is 113 Å². The van der Waals surface area contributed by atoms with Crippen LogP contribution in [-0.2, 0) is 9.53 Å². The Hall–Kier alpha value is -0.790. The second-order valence-corrected chi connectivity index (χ2v) is 5.79. The molecule has 18 heavy (non-hydrogen) atoms. The van der Waals surface area contributed by atoms with Gasteiger partial charge in [0.1, 0.15) is 0 Å². The van der Waals surface area contributed by atoms with Gasteiger partial charge in [-0.25, -0.2) is 4.79 Å². The van der Waals surface area contributed by atoms with Crippen LogP contribution in [0.25, 0.3) is 0 Å². The highest BCUT2D eigenvalue weighted by Crippen LogP contribution is 2.23. The highest BCUT2D eigenvalue weighted by Gasteiger charge is 2.12. The number of hydrogen-bond donors (Lipinski definition) is 0. The number of ether oxygens (including phenoxy) is 1. The molecule has 0 N–H and O–H groups in total. The molecule has 0 amide bonds. The molecule has 0 bridgehead atoms. The van der Waals surface area contributed by atoms with Crippen molar-refractivity contribution in [3.63, 3.8) is 0 Å². The monoisotopic (exact) mass is 254 g/mol. The number of rotatable bonds is 8. The molecule has 106 valence electrons. The van der Waals surface area contributed by atoms with Gasteiger partial charge in [-0.15, -0.1) is 0 Å². The maximum absolute atomic E-state index is 11.3. The minimum Gasteiger partial charge on any atom is -0.466 e. The summed E-state index contributed by atoms with van der Waals surface area (Å²) in [5.41, 5.74) is 0.721. The summed E-state index contributed by atoms with van der Waals surface area (Å²) in [6, 6.07) is 0. The fourth-order valence-corrected chi connectivity index (χ4v) is 2.75. The van der Waals surface area contributed by atoms with E-state index in [4.69, 9.17) is 4.74 Å². The second kappa shape index (κ2) is 9.18. The number of esters is 1. The average molecular weight is 254 g/mol. The summed E-state index contributed by atoms with van der Waals surface area (Å²) in [5.74, 6) is 1.74. The maximum Gasteiger partial charge on any atom is 0.333 e. The van der Waals surface area contributed by atoms with Crippen LogP contribution in [0, 0.1) is 17.8 Å². The molecule has 3 atom stereocenters. The third-order valence-electron chi connectivity index (χ3n) is 3.40. The summed E-state index contributed by atoms with van der Waals surface area (Å²) in [6.07, 6.45) is 7.04. The van der Waals surface area contributed by atoms with Crippen molar-refractivity contribution in [2.75, 3.05) is 7.11 Å². The summed E-state index contributed by atoms with van der Waals surface area (Å²) >= 11 is 0. The molecule has 0 spiro atoms. The molecule has 0 unspecified atom stereocenters. The molecule has 0 fully saturated rings. The summed E-state index contributed by atoms with van der Waals surface area (Å²) in [5, 5.41) is 0. The van der Waals surface area contributed by atoms with Crippen LogP contribution in [0.2, 0.25) is 0 Å². The minimum atomic E-state index is -0.214. The van der Waals surface area contributed by atoms with Crippen LogP contribution in [0.5, 0.6) is 0 Å². The first kappa shape index (κ1) is 17.2. The van der Waals surface area contributed by atoms with Gasteiger partial charge in [-0.05, 0) is 37.5 Å². The predicted octanol–water partition coefficient (Wildman–Crippen LogP) is 4.59. The number of allylic oxidation sites excluding steroid dienone is 1. The summed E-state index contributed by atoms with van der Waals surface area (Å²) < 4.78 is 4.71. The molecule has 0 aromatic rings. The summed E-state index contributed by atoms with van der Waals surface area (Å²) in [7, 11) is 1.43. The van der Waals surface area contributed by atoms with Crippen molar-refractivity contribution in [3.8, 4) is 0 Å². The van der Waals surface area contributed by atoms with E-state index in [0.29, 0.717) is 11.8 Å². The third-order valence-corrected chi connectivity index (χ3v) is 3.40. The Morgan fingerprint density at radius 3 is 2.28 bits per heavy atom. The van der Waals surface area contributed by atoms with Gasteiger partial charge in [-0.3, -0.25) is 0 Å². The van der Waals surface area contributed by atoms with Crippen LogP contribution in [0.4, 0.5) is 0 Å². The van der Waals surface area contributed by atoms with Gasteiger partial charge in [0, 0.05) is 5.57 Å². The number of carbonyl (C=O) groups excluding carboxylic acids is 1. The molecule has 0 aromatic heterocycles. The largest absolute Gasteiger partial charge is 0.466 e. The zero-order chi connectivity index (χ0) is 14.1. The van der Waals surface area contributed by atoms with Gasteiger partial charge in [0.15, 0.2) is 0 Å². The smallest absolute Gasteiger partial charge is 0.333 e. The molecule has 0 aliphatic rings. The van der Waals surface area contributed by atoms with Gasteiger partial charge < -0.3 is 4.74 Å². The Bertz CT molecular complexity index is 268. The zero-order valence-electron chi connectivity index (χ0n) is 13.0. The van der Waals surface area contributed by atoms with Crippen molar-refractivity contribution in [2.24, 2.45) is 17.8 Å². The first-order valence-corrected chi connectivity index (χ1v) is 7.17. The Balaban J connectivity index is 4.14. The second-order valence-electron chi connectivity index (χ2n) is 5.79. The molecule has 0 aliphatic carbocycles. The van der Waals surface area contributed by atoms with Crippen LogP contribution >= 0.6 is 0 Å². The topological polar surface area (TPSA) is 26.3 Å². The Kier molecular flexibility index (Phi) is 8.78. The van der Waals surface area contributed by atoms with Crippen molar-refractivity contribution in [3.05, 3.63) is 11.6 Å². The molecule has 2 nitrogen and oxygen atoms in total. The summed E-state index contributed by atoms with van der Waals surface area (Å²) in [6.45, 7) is 10.9. The SMILES string of the molecule is CCC[C@H](C)C[C@H](C)C[C@H](C)/C=C(\C)C(=O)OC. The molecular formula is C16H30O2. The van der Waals surface area contributed by atoms with E-state index in [0.717, 1.165) is 17.9 Å². The van der Waals surface area contributed by atoms with Gasteiger partial charge in [0.2, 0.25) is 0 Å². The van der Waals surface area contributed by atoms with Crippen molar-refractivity contribution in [1.82, 2.24) is 0 Å². The lowest BCUT2D eigenvalue weighted by Gasteiger charge is -2.19. The Morgan fingerprint density at radius 1 is 1.17 bits per heavy atom. The Morgan fingerprint density at radius 2 is 1.78 bits per heavy atom. The van der Waals surface area contributed by atoms with Crippen LogP contribution in [0.3, 0.4) is 0 Å². The van der Waals surface area contributed by atoms with E-state index < -0.39 is 0 Å². The molecule has 0 aromatic carbocycles. The number of carbonyl (C=O) groups is 1. The molecule has 0 rings (SSSR count). The molecule has 0 aliphatic heterocycles. The van der Waals surface area contributed by atoms with Gasteiger partial charge in [-0.1, -0.05) is 46.6 Å². The minimum absolute atomic E-state index is 0.214. The van der Waals surface area contributed by atoms with Crippen LogP contribution in [0.15, 0.2) is 11.6 Å².